The topological polar surface area (TPSA) is 57.8 Å². The number of rotatable bonds is 3. The normalized spacial score (nSPS) is 19.0. The Kier molecular flexibility index (Phi) is 4.63. The number of nitrogens with one attached hydrogen (secondary N) is 1. The Balaban J connectivity index is 0.00000156. The zero-order chi connectivity index (χ0) is 14.9. The van der Waals surface area contributed by atoms with Crippen LogP contribution in [0.15, 0.2) is 52.1 Å². The van der Waals surface area contributed by atoms with Crippen molar-refractivity contribution >= 4 is 40.9 Å². The van der Waals surface area contributed by atoms with Crippen molar-refractivity contribution in [2.24, 2.45) is 4.99 Å². The van der Waals surface area contributed by atoms with Gasteiger partial charge in [0.25, 0.3) is 5.91 Å². The van der Waals surface area contributed by atoms with E-state index in [0.717, 1.165) is 35.3 Å². The molecule has 0 radical (unpaired) electrons. The van der Waals surface area contributed by atoms with Gasteiger partial charge in [-0.2, -0.15) is 0 Å². The number of halogens is 1. The molecule has 1 unspecified atom stereocenters. The third-order valence-corrected chi connectivity index (χ3v) is 4.81. The van der Waals surface area contributed by atoms with Crippen molar-refractivity contribution < 1.29 is 9.21 Å². The van der Waals surface area contributed by atoms with Crippen molar-refractivity contribution in [1.29, 1.82) is 0 Å². The number of carbonyl (C=O) groups is 1. The molecule has 2 aliphatic heterocycles. The maximum absolute atomic E-state index is 12.0. The molecule has 0 bridgehead atoms. The van der Waals surface area contributed by atoms with Gasteiger partial charge < -0.3 is 14.6 Å². The number of furan rings is 1. The summed E-state index contributed by atoms with van der Waals surface area (Å²) < 4.78 is 5.10. The molecule has 1 aromatic heterocycles. The van der Waals surface area contributed by atoms with Crippen molar-refractivity contribution in [2.75, 3.05) is 24.2 Å². The fraction of sp³-hybridized carbons (Fsp3) is 0.250. The van der Waals surface area contributed by atoms with E-state index in [0.29, 0.717) is 5.76 Å². The highest BCUT2D eigenvalue weighted by atomic mass is 35.5. The SMILES string of the molecule is Cl.O=C(Nc1cccc(C2CN3CCSC3=N2)c1)c1ccco1. The van der Waals surface area contributed by atoms with E-state index in [9.17, 15) is 4.79 Å². The molecule has 23 heavy (non-hydrogen) atoms. The number of amides is 1. The molecule has 5 nitrogen and oxygen atoms in total. The summed E-state index contributed by atoms with van der Waals surface area (Å²) in [6, 6.07) is 11.4. The van der Waals surface area contributed by atoms with Gasteiger partial charge in [-0.1, -0.05) is 23.9 Å². The molecule has 1 aromatic carbocycles. The predicted molar refractivity (Wildman–Crippen MR) is 94.6 cm³/mol. The van der Waals surface area contributed by atoms with E-state index in [1.54, 1.807) is 12.1 Å². The van der Waals surface area contributed by atoms with Crippen molar-refractivity contribution in [2.45, 2.75) is 6.04 Å². The van der Waals surface area contributed by atoms with Crippen LogP contribution in [-0.4, -0.2) is 34.8 Å². The van der Waals surface area contributed by atoms with Gasteiger partial charge in [-0.25, -0.2) is 0 Å². The molecule has 2 aliphatic rings. The molecule has 120 valence electrons. The summed E-state index contributed by atoms with van der Waals surface area (Å²) in [7, 11) is 0. The summed E-state index contributed by atoms with van der Waals surface area (Å²) >= 11 is 1.82. The van der Waals surface area contributed by atoms with Gasteiger partial charge in [0.1, 0.15) is 0 Å². The summed E-state index contributed by atoms with van der Waals surface area (Å²) in [5.41, 5.74) is 1.89. The molecule has 4 rings (SSSR count). The number of nitrogens with zero attached hydrogens (tertiary/aromatic N) is 2. The van der Waals surface area contributed by atoms with Gasteiger partial charge in [-0.3, -0.25) is 9.79 Å². The van der Waals surface area contributed by atoms with E-state index in [2.05, 4.69) is 16.3 Å². The van der Waals surface area contributed by atoms with Gasteiger partial charge >= 0.3 is 0 Å². The zero-order valence-electron chi connectivity index (χ0n) is 12.3. The molecule has 1 atom stereocenters. The highest BCUT2D eigenvalue weighted by Crippen LogP contribution is 2.33. The van der Waals surface area contributed by atoms with Crippen LogP contribution in [0.4, 0.5) is 5.69 Å². The number of aliphatic imine (C=N–C) groups is 1. The van der Waals surface area contributed by atoms with E-state index in [4.69, 9.17) is 9.41 Å². The first-order valence-corrected chi connectivity index (χ1v) is 8.18. The summed E-state index contributed by atoms with van der Waals surface area (Å²) in [5, 5.41) is 4.01. The monoisotopic (exact) mass is 349 g/mol. The third-order valence-electron chi connectivity index (χ3n) is 3.80. The standard InChI is InChI=1S/C16H15N3O2S.ClH/c20-15(14-5-2-7-21-14)17-12-4-1-3-11(9-12)13-10-19-6-8-22-16(19)18-13;/h1-5,7,9,13H,6,8,10H2,(H,17,20);1H. The lowest BCUT2D eigenvalue weighted by Crippen LogP contribution is -2.21. The highest BCUT2D eigenvalue weighted by Gasteiger charge is 2.30. The molecular weight excluding hydrogens is 334 g/mol. The van der Waals surface area contributed by atoms with Crippen molar-refractivity contribution in [3.8, 4) is 0 Å². The summed E-state index contributed by atoms with van der Waals surface area (Å²) in [4.78, 5) is 19.1. The molecule has 0 spiro atoms. The smallest absolute Gasteiger partial charge is 0.291 e. The quantitative estimate of drug-likeness (QED) is 0.922. The molecule has 7 heteroatoms. The average Bonchev–Trinajstić information content (AvgIpc) is 3.24. The van der Waals surface area contributed by atoms with Crippen molar-refractivity contribution in [3.63, 3.8) is 0 Å². The number of hydrogen-bond acceptors (Lipinski definition) is 5. The molecule has 1 N–H and O–H groups in total. The molecule has 1 fully saturated rings. The highest BCUT2D eigenvalue weighted by molar-refractivity contribution is 8.14. The van der Waals surface area contributed by atoms with Crippen LogP contribution in [0.25, 0.3) is 0 Å². The number of benzene rings is 1. The van der Waals surface area contributed by atoms with E-state index in [1.807, 2.05) is 30.0 Å². The lowest BCUT2D eigenvalue weighted by atomic mass is 10.1. The van der Waals surface area contributed by atoms with Crippen LogP contribution in [-0.2, 0) is 0 Å². The average molecular weight is 350 g/mol. The van der Waals surface area contributed by atoms with Crippen LogP contribution in [0.1, 0.15) is 22.2 Å². The fourth-order valence-corrected chi connectivity index (χ4v) is 3.75. The minimum Gasteiger partial charge on any atom is -0.459 e. The number of fused-ring (bicyclic) bond motifs is 1. The summed E-state index contributed by atoms with van der Waals surface area (Å²) in [5.74, 6) is 1.20. The Morgan fingerprint density at radius 1 is 1.35 bits per heavy atom. The molecule has 1 amide bonds. The van der Waals surface area contributed by atoms with E-state index >= 15 is 0 Å². The Morgan fingerprint density at radius 3 is 3.04 bits per heavy atom. The number of carbonyl (C=O) groups excluding carboxylic acids is 1. The fourth-order valence-electron chi connectivity index (χ4n) is 2.71. The Hall–Kier alpha value is -1.92. The second-order valence-corrected chi connectivity index (χ2v) is 6.34. The van der Waals surface area contributed by atoms with Crippen LogP contribution < -0.4 is 5.32 Å². The lowest BCUT2D eigenvalue weighted by molar-refractivity contribution is 0.0996. The largest absolute Gasteiger partial charge is 0.459 e. The van der Waals surface area contributed by atoms with Crippen LogP contribution in [0.2, 0.25) is 0 Å². The first-order valence-electron chi connectivity index (χ1n) is 7.20. The maximum atomic E-state index is 12.0. The van der Waals surface area contributed by atoms with Crippen LogP contribution in [0.3, 0.4) is 0 Å². The number of thioether (sulfide) groups is 1. The molecule has 0 aliphatic carbocycles. The Morgan fingerprint density at radius 2 is 2.26 bits per heavy atom. The molecular formula is C16H16ClN3O2S. The van der Waals surface area contributed by atoms with Gasteiger partial charge in [0.15, 0.2) is 10.9 Å². The van der Waals surface area contributed by atoms with Crippen LogP contribution in [0, 0.1) is 0 Å². The number of amidine groups is 1. The molecule has 3 heterocycles. The maximum Gasteiger partial charge on any atom is 0.291 e. The van der Waals surface area contributed by atoms with Gasteiger partial charge in [-0.15, -0.1) is 12.4 Å². The molecule has 0 saturated carbocycles. The second-order valence-electron chi connectivity index (χ2n) is 5.28. The lowest BCUT2D eigenvalue weighted by Gasteiger charge is -2.13. The Bertz CT molecular complexity index is 733. The number of anilines is 1. The summed E-state index contributed by atoms with van der Waals surface area (Å²) in [6.07, 6.45) is 1.49. The predicted octanol–water partition coefficient (Wildman–Crippen LogP) is 3.41. The minimum atomic E-state index is -0.240. The third kappa shape index (κ3) is 3.23. The van der Waals surface area contributed by atoms with E-state index < -0.39 is 0 Å². The van der Waals surface area contributed by atoms with E-state index in [-0.39, 0.29) is 24.4 Å². The zero-order valence-corrected chi connectivity index (χ0v) is 13.9. The number of hydrogen-bond donors (Lipinski definition) is 1. The van der Waals surface area contributed by atoms with Gasteiger partial charge in [0.2, 0.25) is 0 Å². The Labute approximate surface area is 144 Å². The first kappa shape index (κ1) is 16.0. The van der Waals surface area contributed by atoms with Crippen molar-refractivity contribution in [3.05, 3.63) is 54.0 Å². The minimum absolute atomic E-state index is 0. The van der Waals surface area contributed by atoms with E-state index in [1.165, 1.54) is 6.26 Å². The van der Waals surface area contributed by atoms with Gasteiger partial charge in [0.05, 0.1) is 12.3 Å². The van der Waals surface area contributed by atoms with Crippen LogP contribution >= 0.6 is 24.2 Å². The second kappa shape index (κ2) is 6.68. The van der Waals surface area contributed by atoms with Crippen molar-refractivity contribution in [1.82, 2.24) is 4.90 Å². The van der Waals surface area contributed by atoms with Crippen LogP contribution in [0.5, 0.6) is 0 Å². The van der Waals surface area contributed by atoms with Gasteiger partial charge in [0, 0.05) is 24.5 Å². The molecule has 1 saturated heterocycles. The first-order chi connectivity index (χ1) is 10.8. The van der Waals surface area contributed by atoms with Gasteiger partial charge in [-0.05, 0) is 29.8 Å². The summed E-state index contributed by atoms with van der Waals surface area (Å²) in [6.45, 7) is 2.01. The molecule has 2 aromatic rings.